The molecule has 4 nitrogen and oxygen atoms in total. The number of aromatic amines is 1. The van der Waals surface area contributed by atoms with Crippen molar-refractivity contribution in [2.45, 2.75) is 37.6 Å². The second kappa shape index (κ2) is 3.86. The summed E-state index contributed by atoms with van der Waals surface area (Å²) in [6.07, 6.45) is 7.76. The molecule has 0 radical (unpaired) electrons. The van der Waals surface area contributed by atoms with E-state index < -0.39 is 0 Å². The first-order valence-electron chi connectivity index (χ1n) is 6.32. The maximum atomic E-state index is 5.75. The van der Waals surface area contributed by atoms with Crippen LogP contribution in [0.15, 0.2) is 6.33 Å². The third kappa shape index (κ3) is 1.48. The Labute approximate surface area is 96.0 Å². The quantitative estimate of drug-likeness (QED) is 0.658. The highest BCUT2D eigenvalue weighted by atomic mass is 15.1. The van der Waals surface area contributed by atoms with E-state index in [0.717, 1.165) is 25.4 Å². The van der Waals surface area contributed by atoms with Crippen LogP contribution in [0.4, 0.5) is 0 Å². The molecule has 4 N–H and O–H groups in total. The van der Waals surface area contributed by atoms with E-state index in [-0.39, 0.29) is 5.54 Å². The largest absolute Gasteiger partial charge is 0.348 e. The van der Waals surface area contributed by atoms with Crippen LogP contribution in [0.3, 0.4) is 0 Å². The monoisotopic (exact) mass is 220 g/mol. The Morgan fingerprint density at radius 3 is 3.00 bits per heavy atom. The number of nitrogens with one attached hydrogen (secondary N) is 2. The number of imidazole rings is 1. The van der Waals surface area contributed by atoms with Gasteiger partial charge in [-0.15, -0.1) is 0 Å². The van der Waals surface area contributed by atoms with Crippen LogP contribution in [-0.4, -0.2) is 23.1 Å². The third-order valence-electron chi connectivity index (χ3n) is 4.30. The van der Waals surface area contributed by atoms with Gasteiger partial charge in [-0.1, -0.05) is 0 Å². The molecule has 88 valence electrons. The molecule has 0 saturated heterocycles. The van der Waals surface area contributed by atoms with E-state index in [0.29, 0.717) is 0 Å². The summed E-state index contributed by atoms with van der Waals surface area (Å²) in [6, 6.07) is 0. The minimum Gasteiger partial charge on any atom is -0.348 e. The first-order valence-corrected chi connectivity index (χ1v) is 6.32. The molecule has 1 spiro atoms. The van der Waals surface area contributed by atoms with Crippen LogP contribution in [0.5, 0.6) is 0 Å². The number of rotatable bonds is 1. The fourth-order valence-electron chi connectivity index (χ4n) is 3.25. The Bertz CT molecular complexity index is 363. The van der Waals surface area contributed by atoms with Gasteiger partial charge in [0.2, 0.25) is 0 Å². The Morgan fingerprint density at radius 1 is 1.44 bits per heavy atom. The normalized spacial score (nSPS) is 33.9. The molecule has 16 heavy (non-hydrogen) atoms. The van der Waals surface area contributed by atoms with E-state index in [2.05, 4.69) is 15.3 Å². The summed E-state index contributed by atoms with van der Waals surface area (Å²) in [5.74, 6) is 0.719. The Morgan fingerprint density at radius 2 is 2.25 bits per heavy atom. The maximum absolute atomic E-state index is 5.75. The fourth-order valence-corrected chi connectivity index (χ4v) is 3.25. The number of aromatic nitrogens is 2. The van der Waals surface area contributed by atoms with Gasteiger partial charge in [-0.25, -0.2) is 4.98 Å². The zero-order chi connectivity index (χ0) is 11.0. The van der Waals surface area contributed by atoms with Crippen LogP contribution in [0.1, 0.15) is 37.1 Å². The van der Waals surface area contributed by atoms with Crippen LogP contribution in [0.25, 0.3) is 0 Å². The van der Waals surface area contributed by atoms with Gasteiger partial charge in [0.15, 0.2) is 0 Å². The van der Waals surface area contributed by atoms with Crippen LogP contribution >= 0.6 is 0 Å². The summed E-state index contributed by atoms with van der Waals surface area (Å²) in [5.41, 5.74) is 8.52. The van der Waals surface area contributed by atoms with Crippen molar-refractivity contribution in [1.29, 1.82) is 0 Å². The van der Waals surface area contributed by atoms with E-state index in [9.17, 15) is 0 Å². The van der Waals surface area contributed by atoms with Crippen molar-refractivity contribution in [2.24, 2.45) is 11.7 Å². The Hall–Kier alpha value is -0.870. The molecule has 2 aliphatic rings. The van der Waals surface area contributed by atoms with Gasteiger partial charge in [0, 0.05) is 18.7 Å². The number of nitrogens with two attached hydrogens (primary N) is 1. The summed E-state index contributed by atoms with van der Waals surface area (Å²) < 4.78 is 0. The van der Waals surface area contributed by atoms with Gasteiger partial charge in [0.25, 0.3) is 0 Å². The molecule has 3 rings (SSSR count). The van der Waals surface area contributed by atoms with Gasteiger partial charge in [-0.05, 0) is 38.1 Å². The van der Waals surface area contributed by atoms with Crippen LogP contribution in [0, 0.1) is 5.92 Å². The lowest BCUT2D eigenvalue weighted by Gasteiger charge is -2.42. The number of hydrogen-bond donors (Lipinski definition) is 3. The predicted octanol–water partition coefficient (Wildman–Crippen LogP) is 0.900. The summed E-state index contributed by atoms with van der Waals surface area (Å²) in [5, 5.41) is 3.70. The molecule has 1 fully saturated rings. The van der Waals surface area contributed by atoms with Gasteiger partial charge in [-0.3, -0.25) is 0 Å². The molecule has 0 aromatic carbocycles. The molecule has 0 bridgehead atoms. The number of H-pyrrole nitrogens is 1. The Balaban J connectivity index is 1.86. The second-order valence-corrected chi connectivity index (χ2v) is 5.17. The summed E-state index contributed by atoms with van der Waals surface area (Å²) in [4.78, 5) is 7.81. The third-order valence-corrected chi connectivity index (χ3v) is 4.30. The molecule has 1 aromatic rings. The molecular weight excluding hydrogens is 200 g/mol. The number of nitrogens with zero attached hydrogens (tertiary/aromatic N) is 1. The average Bonchev–Trinajstić information content (AvgIpc) is 2.80. The molecule has 0 unspecified atom stereocenters. The van der Waals surface area contributed by atoms with Crippen molar-refractivity contribution in [3.63, 3.8) is 0 Å². The maximum Gasteiger partial charge on any atom is 0.0926 e. The van der Waals surface area contributed by atoms with Crippen molar-refractivity contribution in [3.05, 3.63) is 17.7 Å². The minimum absolute atomic E-state index is 0.152. The fraction of sp³-hybridized carbons (Fsp3) is 0.750. The lowest BCUT2D eigenvalue weighted by Crippen LogP contribution is -2.50. The molecule has 2 heterocycles. The minimum atomic E-state index is 0.152. The van der Waals surface area contributed by atoms with Gasteiger partial charge in [-0.2, -0.15) is 0 Å². The van der Waals surface area contributed by atoms with E-state index in [1.807, 2.05) is 6.33 Å². The van der Waals surface area contributed by atoms with Crippen molar-refractivity contribution in [3.8, 4) is 0 Å². The molecule has 1 saturated carbocycles. The molecular formula is C12H20N4. The standard InChI is InChI=1S/C12H20N4/c13-7-9-1-4-12(5-2-9)11-10(3-6-16-12)14-8-15-11/h8-9,16H,1-7,13H2,(H,14,15). The van der Waals surface area contributed by atoms with E-state index in [1.54, 1.807) is 0 Å². The van der Waals surface area contributed by atoms with E-state index in [4.69, 9.17) is 5.73 Å². The van der Waals surface area contributed by atoms with Gasteiger partial charge < -0.3 is 16.0 Å². The topological polar surface area (TPSA) is 66.7 Å². The molecule has 0 atom stereocenters. The summed E-state index contributed by atoms with van der Waals surface area (Å²) >= 11 is 0. The highest BCUT2D eigenvalue weighted by molar-refractivity contribution is 5.26. The van der Waals surface area contributed by atoms with E-state index in [1.165, 1.54) is 37.1 Å². The van der Waals surface area contributed by atoms with Gasteiger partial charge in [0.05, 0.1) is 17.6 Å². The lowest BCUT2D eigenvalue weighted by atomic mass is 9.73. The van der Waals surface area contributed by atoms with Crippen LogP contribution in [0.2, 0.25) is 0 Å². The number of fused-ring (bicyclic) bond motifs is 2. The van der Waals surface area contributed by atoms with Crippen LogP contribution in [-0.2, 0) is 12.0 Å². The highest BCUT2D eigenvalue weighted by Gasteiger charge is 2.41. The lowest BCUT2D eigenvalue weighted by molar-refractivity contribution is 0.178. The molecule has 1 aliphatic carbocycles. The first kappa shape index (κ1) is 10.3. The van der Waals surface area contributed by atoms with E-state index >= 15 is 0 Å². The summed E-state index contributed by atoms with van der Waals surface area (Å²) in [6.45, 7) is 1.91. The average molecular weight is 220 g/mol. The smallest absolute Gasteiger partial charge is 0.0926 e. The second-order valence-electron chi connectivity index (χ2n) is 5.17. The van der Waals surface area contributed by atoms with Crippen LogP contribution < -0.4 is 11.1 Å². The van der Waals surface area contributed by atoms with Gasteiger partial charge >= 0.3 is 0 Å². The summed E-state index contributed by atoms with van der Waals surface area (Å²) in [7, 11) is 0. The van der Waals surface area contributed by atoms with Crippen molar-refractivity contribution in [2.75, 3.05) is 13.1 Å². The molecule has 0 amide bonds. The zero-order valence-electron chi connectivity index (χ0n) is 9.63. The number of hydrogen-bond acceptors (Lipinski definition) is 3. The van der Waals surface area contributed by atoms with Crippen molar-refractivity contribution < 1.29 is 0 Å². The highest BCUT2D eigenvalue weighted by Crippen LogP contribution is 2.41. The zero-order valence-corrected chi connectivity index (χ0v) is 9.63. The first-order chi connectivity index (χ1) is 7.84. The van der Waals surface area contributed by atoms with Crippen molar-refractivity contribution in [1.82, 2.24) is 15.3 Å². The molecule has 1 aliphatic heterocycles. The SMILES string of the molecule is NCC1CCC2(CC1)NCCc1[nH]cnc12. The Kier molecular flexibility index (Phi) is 2.48. The van der Waals surface area contributed by atoms with Crippen molar-refractivity contribution >= 4 is 0 Å². The predicted molar refractivity (Wildman–Crippen MR) is 63.0 cm³/mol. The molecule has 1 aromatic heterocycles. The molecule has 4 heteroatoms. The van der Waals surface area contributed by atoms with Gasteiger partial charge in [0.1, 0.15) is 0 Å².